The van der Waals surface area contributed by atoms with Crippen LogP contribution in [0.4, 0.5) is 0 Å². The second-order valence-corrected chi connectivity index (χ2v) is 6.63. The van der Waals surface area contributed by atoms with Crippen molar-refractivity contribution in [3.05, 3.63) is 107 Å². The van der Waals surface area contributed by atoms with Gasteiger partial charge in [-0.25, -0.2) is 4.79 Å². The third kappa shape index (κ3) is 3.83. The Balaban J connectivity index is 1.77. The Hall–Kier alpha value is -3.17. The summed E-state index contributed by atoms with van der Waals surface area (Å²) in [5.74, 6) is 0.00544. The molecule has 0 aliphatic heterocycles. The number of para-hydroxylation sites is 1. The van der Waals surface area contributed by atoms with Crippen LogP contribution < -0.4 is 9.30 Å². The van der Waals surface area contributed by atoms with Crippen molar-refractivity contribution in [1.82, 2.24) is 0 Å². The van der Waals surface area contributed by atoms with Crippen LogP contribution in [-0.2, 0) is 6.54 Å². The standard InChI is InChI=1S/C23H17ClNO2/c24-19-10-6-11-20(15-19)27-23(26)22-14-13-18-9-4-5-12-21(18)25(22)16-17-7-2-1-3-8-17/h1-15H,16H2/q+1. The second-order valence-electron chi connectivity index (χ2n) is 6.20. The van der Waals surface area contributed by atoms with Crippen LogP contribution in [0.25, 0.3) is 10.9 Å². The number of ether oxygens (including phenoxy) is 1. The van der Waals surface area contributed by atoms with Gasteiger partial charge in [0.25, 0.3) is 5.69 Å². The van der Waals surface area contributed by atoms with Crippen molar-refractivity contribution >= 4 is 28.5 Å². The normalized spacial score (nSPS) is 10.7. The molecule has 4 aromatic rings. The van der Waals surface area contributed by atoms with Crippen LogP contribution in [0, 0.1) is 0 Å². The fourth-order valence-corrected chi connectivity index (χ4v) is 3.25. The zero-order chi connectivity index (χ0) is 18.6. The summed E-state index contributed by atoms with van der Waals surface area (Å²) in [4.78, 5) is 12.9. The number of carbonyl (C=O) groups excluding carboxylic acids is 1. The van der Waals surface area contributed by atoms with E-state index in [-0.39, 0.29) is 0 Å². The third-order valence-corrected chi connectivity index (χ3v) is 4.57. The number of hydrogen-bond donors (Lipinski definition) is 0. The number of benzene rings is 3. The van der Waals surface area contributed by atoms with Crippen LogP contribution in [0.3, 0.4) is 0 Å². The zero-order valence-electron chi connectivity index (χ0n) is 14.5. The number of hydrogen-bond acceptors (Lipinski definition) is 2. The number of nitrogens with zero attached hydrogens (tertiary/aromatic N) is 1. The fraction of sp³-hybridized carbons (Fsp3) is 0.0435. The van der Waals surface area contributed by atoms with Gasteiger partial charge in [0.1, 0.15) is 5.75 Å². The van der Waals surface area contributed by atoms with Crippen LogP contribution >= 0.6 is 11.6 Å². The van der Waals surface area contributed by atoms with Gasteiger partial charge in [0.15, 0.2) is 6.54 Å². The molecule has 0 saturated carbocycles. The van der Waals surface area contributed by atoms with E-state index in [1.165, 1.54) is 0 Å². The highest BCUT2D eigenvalue weighted by Crippen LogP contribution is 2.19. The minimum Gasteiger partial charge on any atom is -0.419 e. The molecule has 4 rings (SSSR count). The van der Waals surface area contributed by atoms with E-state index >= 15 is 0 Å². The minimum absolute atomic E-state index is 0.418. The van der Waals surface area contributed by atoms with Gasteiger partial charge in [-0.15, -0.1) is 0 Å². The number of pyridine rings is 1. The molecule has 4 heteroatoms. The molecule has 0 aliphatic carbocycles. The van der Waals surface area contributed by atoms with E-state index in [1.54, 1.807) is 30.3 Å². The maximum absolute atomic E-state index is 12.9. The van der Waals surface area contributed by atoms with Crippen LogP contribution in [0.15, 0.2) is 91.0 Å². The molecular weight excluding hydrogens is 358 g/mol. The molecule has 3 aromatic carbocycles. The summed E-state index contributed by atoms with van der Waals surface area (Å²) in [5.41, 5.74) is 2.56. The first-order chi connectivity index (χ1) is 13.2. The molecule has 0 atom stereocenters. The van der Waals surface area contributed by atoms with Gasteiger partial charge in [0.05, 0.1) is 0 Å². The number of halogens is 1. The Morgan fingerprint density at radius 2 is 1.63 bits per heavy atom. The average Bonchev–Trinajstić information content (AvgIpc) is 2.69. The molecule has 3 nitrogen and oxygen atoms in total. The van der Waals surface area contributed by atoms with Gasteiger partial charge < -0.3 is 4.74 Å². The molecule has 0 amide bonds. The van der Waals surface area contributed by atoms with Gasteiger partial charge in [-0.05, 0) is 30.3 Å². The van der Waals surface area contributed by atoms with Crippen LogP contribution in [-0.4, -0.2) is 5.97 Å². The van der Waals surface area contributed by atoms with E-state index in [2.05, 4.69) is 0 Å². The van der Waals surface area contributed by atoms with Gasteiger partial charge in [-0.3, -0.25) is 0 Å². The summed E-state index contributed by atoms with van der Waals surface area (Å²) >= 11 is 5.99. The number of aromatic nitrogens is 1. The first-order valence-corrected chi connectivity index (χ1v) is 9.02. The van der Waals surface area contributed by atoms with Gasteiger partial charge >= 0.3 is 5.97 Å². The maximum atomic E-state index is 12.9. The maximum Gasteiger partial charge on any atom is 0.409 e. The lowest BCUT2D eigenvalue weighted by Gasteiger charge is -2.08. The molecular formula is C23H17ClNO2+. The molecule has 27 heavy (non-hydrogen) atoms. The highest BCUT2D eigenvalue weighted by molar-refractivity contribution is 6.30. The molecule has 0 unspecified atom stereocenters. The lowest BCUT2D eigenvalue weighted by molar-refractivity contribution is -0.664. The van der Waals surface area contributed by atoms with Gasteiger partial charge in [0.2, 0.25) is 5.52 Å². The van der Waals surface area contributed by atoms with E-state index in [4.69, 9.17) is 16.3 Å². The molecule has 1 heterocycles. The largest absolute Gasteiger partial charge is 0.419 e. The van der Waals surface area contributed by atoms with Crippen molar-refractivity contribution in [1.29, 1.82) is 0 Å². The molecule has 0 N–H and O–H groups in total. The Morgan fingerprint density at radius 3 is 2.44 bits per heavy atom. The van der Waals surface area contributed by atoms with Gasteiger partial charge in [0, 0.05) is 28.1 Å². The predicted molar refractivity (Wildman–Crippen MR) is 106 cm³/mol. The first-order valence-electron chi connectivity index (χ1n) is 8.64. The van der Waals surface area contributed by atoms with Crippen molar-refractivity contribution < 1.29 is 14.1 Å². The van der Waals surface area contributed by atoms with Crippen LogP contribution in [0.1, 0.15) is 16.1 Å². The molecule has 1 aromatic heterocycles. The van der Waals surface area contributed by atoms with Crippen molar-refractivity contribution in [2.75, 3.05) is 0 Å². The summed E-state index contributed by atoms with van der Waals surface area (Å²) < 4.78 is 7.55. The highest BCUT2D eigenvalue weighted by Gasteiger charge is 2.24. The minimum atomic E-state index is -0.418. The van der Waals surface area contributed by atoms with Crippen LogP contribution in [0.5, 0.6) is 5.75 Å². The van der Waals surface area contributed by atoms with E-state index < -0.39 is 5.97 Å². The quantitative estimate of drug-likeness (QED) is 0.284. The lowest BCUT2D eigenvalue weighted by Crippen LogP contribution is -2.42. The van der Waals surface area contributed by atoms with E-state index in [0.29, 0.717) is 23.0 Å². The zero-order valence-corrected chi connectivity index (χ0v) is 15.3. The summed E-state index contributed by atoms with van der Waals surface area (Å²) in [7, 11) is 0. The third-order valence-electron chi connectivity index (χ3n) is 4.34. The number of esters is 1. The molecule has 0 bridgehead atoms. The van der Waals surface area contributed by atoms with Crippen molar-refractivity contribution in [2.45, 2.75) is 6.54 Å². The molecule has 0 aliphatic rings. The van der Waals surface area contributed by atoms with Gasteiger partial charge in [-0.1, -0.05) is 60.1 Å². The average molecular weight is 375 g/mol. The molecule has 0 saturated heterocycles. The molecule has 0 spiro atoms. The Bertz CT molecular complexity index is 1110. The highest BCUT2D eigenvalue weighted by atomic mass is 35.5. The topological polar surface area (TPSA) is 30.2 Å². The van der Waals surface area contributed by atoms with E-state index in [1.807, 2.05) is 65.2 Å². The van der Waals surface area contributed by atoms with Crippen molar-refractivity contribution in [2.24, 2.45) is 0 Å². The summed E-state index contributed by atoms with van der Waals surface area (Å²) in [6.07, 6.45) is 0. The number of fused-ring (bicyclic) bond motifs is 1. The Morgan fingerprint density at radius 1 is 0.852 bits per heavy atom. The molecule has 0 radical (unpaired) electrons. The van der Waals surface area contributed by atoms with Crippen LogP contribution in [0.2, 0.25) is 5.02 Å². The SMILES string of the molecule is O=C(Oc1cccc(Cl)c1)c1ccc2ccccc2[n+]1Cc1ccccc1. The van der Waals surface area contributed by atoms with Crippen molar-refractivity contribution in [3.63, 3.8) is 0 Å². The Labute approximate surface area is 162 Å². The van der Waals surface area contributed by atoms with Crippen molar-refractivity contribution in [3.8, 4) is 5.75 Å². The summed E-state index contributed by atoms with van der Waals surface area (Å²) in [6.45, 7) is 0.572. The number of rotatable bonds is 4. The lowest BCUT2D eigenvalue weighted by atomic mass is 10.1. The molecule has 132 valence electrons. The second kappa shape index (κ2) is 7.60. The molecule has 0 fully saturated rings. The predicted octanol–water partition coefficient (Wildman–Crippen LogP) is 5.05. The monoisotopic (exact) mass is 374 g/mol. The summed E-state index contributed by atoms with van der Waals surface area (Å²) in [6, 6.07) is 28.6. The van der Waals surface area contributed by atoms with Gasteiger partial charge in [-0.2, -0.15) is 4.57 Å². The van der Waals surface area contributed by atoms with E-state index in [0.717, 1.165) is 16.5 Å². The summed E-state index contributed by atoms with van der Waals surface area (Å²) in [5, 5.41) is 1.59. The number of carbonyl (C=O) groups is 1. The fourth-order valence-electron chi connectivity index (χ4n) is 3.07. The Kier molecular flexibility index (Phi) is 4.86. The smallest absolute Gasteiger partial charge is 0.409 e. The first kappa shape index (κ1) is 17.3. The van der Waals surface area contributed by atoms with E-state index in [9.17, 15) is 4.79 Å².